The number of carbonyl (C=O) groups is 1. The molecule has 4 aromatic rings. The average Bonchev–Trinajstić information content (AvgIpc) is 3.12. The highest BCUT2D eigenvalue weighted by molar-refractivity contribution is 9.10. The van der Waals surface area contributed by atoms with E-state index >= 15 is 0 Å². The normalized spacial score (nSPS) is 11.2. The van der Waals surface area contributed by atoms with Crippen molar-refractivity contribution in [2.24, 2.45) is 5.92 Å². The number of halogens is 1. The predicted molar refractivity (Wildman–Crippen MR) is 122 cm³/mol. The average molecular weight is 462 g/mol. The van der Waals surface area contributed by atoms with Gasteiger partial charge >= 0.3 is 0 Å². The van der Waals surface area contributed by atoms with Crippen LogP contribution in [0.4, 0.5) is 0 Å². The Kier molecular flexibility index (Phi) is 5.61. The molecule has 5 heteroatoms. The van der Waals surface area contributed by atoms with Gasteiger partial charge in [0.05, 0.1) is 10.0 Å². The van der Waals surface area contributed by atoms with Gasteiger partial charge in [-0.05, 0) is 50.8 Å². The number of hydrogen-bond donors (Lipinski definition) is 0. The van der Waals surface area contributed by atoms with Gasteiger partial charge in [0.1, 0.15) is 23.2 Å². The molecule has 0 saturated carbocycles. The highest BCUT2D eigenvalue weighted by atomic mass is 79.9. The van der Waals surface area contributed by atoms with E-state index < -0.39 is 0 Å². The second-order valence-corrected chi connectivity index (χ2v) is 8.38. The van der Waals surface area contributed by atoms with Gasteiger partial charge in [0, 0.05) is 17.4 Å². The first-order valence-electron chi connectivity index (χ1n) is 9.76. The van der Waals surface area contributed by atoms with Gasteiger partial charge in [-0.1, -0.05) is 50.2 Å². The predicted octanol–water partition coefficient (Wildman–Crippen LogP) is 7.15. The van der Waals surface area contributed by atoms with Gasteiger partial charge in [0.15, 0.2) is 12.4 Å². The summed E-state index contributed by atoms with van der Waals surface area (Å²) in [6.07, 6.45) is 0.468. The van der Waals surface area contributed by atoms with E-state index in [2.05, 4.69) is 15.9 Å². The Balaban J connectivity index is 1.86. The zero-order chi connectivity index (χ0) is 21.3. The first-order chi connectivity index (χ1) is 14.5. The Labute approximate surface area is 183 Å². The van der Waals surface area contributed by atoms with Gasteiger partial charge in [-0.3, -0.25) is 4.79 Å². The third kappa shape index (κ3) is 3.71. The summed E-state index contributed by atoms with van der Waals surface area (Å²) < 4.78 is 12.4. The molecule has 0 radical (unpaired) electrons. The van der Waals surface area contributed by atoms with Crippen molar-refractivity contribution >= 4 is 43.5 Å². The van der Waals surface area contributed by atoms with E-state index in [-0.39, 0.29) is 18.3 Å². The van der Waals surface area contributed by atoms with Crippen LogP contribution >= 0.6 is 15.9 Å². The van der Waals surface area contributed by atoms with Gasteiger partial charge in [0.25, 0.3) is 0 Å². The van der Waals surface area contributed by atoms with Crippen LogP contribution in [0.5, 0.6) is 5.75 Å². The van der Waals surface area contributed by atoms with E-state index in [0.717, 1.165) is 26.2 Å². The highest BCUT2D eigenvalue weighted by Crippen LogP contribution is 2.39. The Bertz CT molecular complexity index is 1300. The number of ketones is 1. The van der Waals surface area contributed by atoms with Gasteiger partial charge in [-0.15, -0.1) is 0 Å². The SMILES string of the molecule is CC(C)CC(=O)c1c(-c2ccc3c(Br)c(OCC#N)ccc3c2)oc2ccccc12. The maximum Gasteiger partial charge on any atom is 0.174 e. The van der Waals surface area contributed by atoms with Crippen molar-refractivity contribution < 1.29 is 13.9 Å². The molecule has 0 amide bonds. The smallest absolute Gasteiger partial charge is 0.174 e. The fourth-order valence-electron chi connectivity index (χ4n) is 3.63. The lowest BCUT2D eigenvalue weighted by Crippen LogP contribution is -2.04. The molecule has 30 heavy (non-hydrogen) atoms. The number of benzene rings is 3. The van der Waals surface area contributed by atoms with E-state index in [0.29, 0.717) is 29.1 Å². The third-order valence-corrected chi connectivity index (χ3v) is 5.76. The lowest BCUT2D eigenvalue weighted by Gasteiger charge is -2.10. The van der Waals surface area contributed by atoms with Gasteiger partial charge in [-0.2, -0.15) is 5.26 Å². The van der Waals surface area contributed by atoms with E-state index in [1.807, 2.05) is 74.5 Å². The molecule has 0 aliphatic heterocycles. The first-order valence-corrected chi connectivity index (χ1v) is 10.6. The van der Waals surface area contributed by atoms with Crippen molar-refractivity contribution in [1.82, 2.24) is 0 Å². The quantitative estimate of drug-likeness (QED) is 0.286. The molecule has 0 aliphatic rings. The molecule has 1 heterocycles. The molecule has 4 nitrogen and oxygen atoms in total. The van der Waals surface area contributed by atoms with Crippen LogP contribution in [0.1, 0.15) is 30.6 Å². The fraction of sp³-hybridized carbons (Fsp3) is 0.200. The summed E-state index contributed by atoms with van der Waals surface area (Å²) in [5, 5.41) is 11.5. The van der Waals surface area contributed by atoms with Crippen LogP contribution < -0.4 is 4.74 Å². The summed E-state index contributed by atoms with van der Waals surface area (Å²) in [6, 6.07) is 19.3. The van der Waals surface area contributed by atoms with Crippen LogP contribution in [-0.4, -0.2) is 12.4 Å². The Morgan fingerprint density at radius 1 is 1.13 bits per heavy atom. The van der Waals surface area contributed by atoms with E-state index in [1.54, 1.807) is 0 Å². The Morgan fingerprint density at radius 3 is 2.70 bits per heavy atom. The topological polar surface area (TPSA) is 63.2 Å². The van der Waals surface area contributed by atoms with Crippen molar-refractivity contribution in [2.45, 2.75) is 20.3 Å². The molecule has 1 aromatic heterocycles. The zero-order valence-corrected chi connectivity index (χ0v) is 18.3. The van der Waals surface area contributed by atoms with Crippen molar-refractivity contribution in [3.05, 3.63) is 64.6 Å². The van der Waals surface area contributed by atoms with Gasteiger partial charge in [-0.25, -0.2) is 0 Å². The monoisotopic (exact) mass is 461 g/mol. The highest BCUT2D eigenvalue weighted by Gasteiger charge is 2.22. The molecule has 0 bridgehead atoms. The molecular weight excluding hydrogens is 442 g/mol. The van der Waals surface area contributed by atoms with Gasteiger partial charge < -0.3 is 9.15 Å². The van der Waals surface area contributed by atoms with Crippen molar-refractivity contribution in [1.29, 1.82) is 5.26 Å². The van der Waals surface area contributed by atoms with Crippen molar-refractivity contribution in [3.8, 4) is 23.1 Å². The number of nitrogens with zero attached hydrogens (tertiary/aromatic N) is 1. The van der Waals surface area contributed by atoms with Crippen molar-refractivity contribution in [3.63, 3.8) is 0 Å². The van der Waals surface area contributed by atoms with E-state index in [4.69, 9.17) is 14.4 Å². The standard InChI is InChI=1S/C25H20BrNO3/c1-15(2)13-20(28)23-19-5-3-4-6-21(19)30-25(23)17-7-9-18-16(14-17)8-10-22(24(18)26)29-12-11-27/h3-10,14-15H,12-13H2,1-2H3. The third-order valence-electron chi connectivity index (χ3n) is 4.94. The summed E-state index contributed by atoms with van der Waals surface area (Å²) in [5.41, 5.74) is 2.20. The summed E-state index contributed by atoms with van der Waals surface area (Å²) in [4.78, 5) is 13.1. The molecule has 0 N–H and O–H groups in total. The van der Waals surface area contributed by atoms with Crippen LogP contribution in [0.15, 0.2) is 63.5 Å². The second-order valence-electron chi connectivity index (χ2n) is 7.58. The van der Waals surface area contributed by atoms with Crippen molar-refractivity contribution in [2.75, 3.05) is 6.61 Å². The van der Waals surface area contributed by atoms with Crippen LogP contribution in [0.3, 0.4) is 0 Å². The first kappa shape index (κ1) is 20.2. The number of nitriles is 1. The molecule has 0 aliphatic carbocycles. The number of rotatable bonds is 6. The molecule has 4 rings (SSSR count). The lowest BCUT2D eigenvalue weighted by molar-refractivity contribution is 0.0969. The number of ether oxygens (including phenoxy) is 1. The van der Waals surface area contributed by atoms with E-state index in [9.17, 15) is 4.79 Å². The summed E-state index contributed by atoms with van der Waals surface area (Å²) in [5.74, 6) is 1.57. The lowest BCUT2D eigenvalue weighted by atomic mass is 9.95. The van der Waals surface area contributed by atoms with E-state index in [1.165, 1.54) is 0 Å². The molecule has 0 atom stereocenters. The number of Topliss-reactive ketones (excluding diaryl/α,β-unsaturated/α-hetero) is 1. The maximum atomic E-state index is 13.1. The molecule has 0 spiro atoms. The minimum Gasteiger partial charge on any atom is -0.478 e. The molecule has 150 valence electrons. The Hall–Kier alpha value is -3.10. The molecule has 0 fully saturated rings. The van der Waals surface area contributed by atoms with Crippen LogP contribution in [0, 0.1) is 17.2 Å². The van der Waals surface area contributed by atoms with Crippen LogP contribution in [0.25, 0.3) is 33.1 Å². The summed E-state index contributed by atoms with van der Waals surface area (Å²) >= 11 is 3.57. The minimum atomic E-state index is -0.0114. The van der Waals surface area contributed by atoms with Crippen LogP contribution in [0.2, 0.25) is 0 Å². The summed E-state index contributed by atoms with van der Waals surface area (Å²) in [7, 11) is 0. The maximum absolute atomic E-state index is 13.1. The molecular formula is C25H20BrNO3. The Morgan fingerprint density at radius 2 is 1.93 bits per heavy atom. The molecule has 0 unspecified atom stereocenters. The van der Waals surface area contributed by atoms with Crippen LogP contribution in [-0.2, 0) is 0 Å². The fourth-order valence-corrected chi connectivity index (χ4v) is 4.24. The van der Waals surface area contributed by atoms with Gasteiger partial charge in [0.2, 0.25) is 0 Å². The zero-order valence-electron chi connectivity index (χ0n) is 16.7. The second kappa shape index (κ2) is 8.33. The number of carbonyl (C=O) groups excluding carboxylic acids is 1. The number of hydrogen-bond acceptors (Lipinski definition) is 4. The number of fused-ring (bicyclic) bond motifs is 2. The largest absolute Gasteiger partial charge is 0.478 e. The minimum absolute atomic E-state index is 0.0114. The number of furan rings is 1. The summed E-state index contributed by atoms with van der Waals surface area (Å²) in [6.45, 7) is 4.07. The molecule has 0 saturated heterocycles. The molecule has 3 aromatic carbocycles. The number of para-hydroxylation sites is 1.